The van der Waals surface area contributed by atoms with Crippen LogP contribution in [0.15, 0.2) is 4.47 Å². The molecule has 2 atom stereocenters. The lowest BCUT2D eigenvalue weighted by Gasteiger charge is -2.10. The van der Waals surface area contributed by atoms with Crippen LogP contribution in [0.25, 0.3) is 0 Å². The Bertz CT molecular complexity index is 531. The van der Waals surface area contributed by atoms with Gasteiger partial charge in [0, 0.05) is 26.6 Å². The smallest absolute Gasteiger partial charge is 0.316 e. The van der Waals surface area contributed by atoms with Gasteiger partial charge in [-0.1, -0.05) is 11.6 Å². The first-order valence-electron chi connectivity index (χ1n) is 5.20. The highest BCUT2D eigenvalue weighted by Crippen LogP contribution is 2.38. The van der Waals surface area contributed by atoms with Crippen LogP contribution in [0.3, 0.4) is 0 Å². The number of aryl methyl sites for hydroxylation is 1. The number of likely N-dealkylation sites (N-methyl/N-ethyl adjacent to an activating group) is 1. The highest BCUT2D eigenvalue weighted by atomic mass is 79.9. The maximum atomic E-state index is 11.8. The van der Waals surface area contributed by atoms with Gasteiger partial charge in [-0.15, -0.1) is 0 Å². The van der Waals surface area contributed by atoms with Gasteiger partial charge in [-0.05, 0) is 15.9 Å². The summed E-state index contributed by atoms with van der Waals surface area (Å²) in [6, 6.07) is 0. The number of hydrogen-bond donors (Lipinski definition) is 1. The Morgan fingerprint density at radius 2 is 2.17 bits per heavy atom. The van der Waals surface area contributed by atoms with Gasteiger partial charge in [0.2, 0.25) is 5.91 Å². The standard InChI is InChI=1S/C10H11BrClN3O3/c1-14-3-4(5(9(14)16)10(17)18)7-6(11)8(12)15(2)13-7/h4-5H,3H2,1-2H3,(H,17,18). The van der Waals surface area contributed by atoms with E-state index in [1.54, 1.807) is 14.1 Å². The van der Waals surface area contributed by atoms with Gasteiger partial charge < -0.3 is 10.0 Å². The van der Waals surface area contributed by atoms with Gasteiger partial charge in [0.1, 0.15) is 11.1 Å². The molecule has 0 aliphatic carbocycles. The molecule has 1 aromatic heterocycles. The maximum Gasteiger partial charge on any atom is 0.316 e. The van der Waals surface area contributed by atoms with Crippen molar-refractivity contribution in [1.29, 1.82) is 0 Å². The summed E-state index contributed by atoms with van der Waals surface area (Å²) in [5.74, 6) is -3.13. The molecule has 1 amide bonds. The summed E-state index contributed by atoms with van der Waals surface area (Å²) in [6.07, 6.45) is 0. The van der Waals surface area contributed by atoms with E-state index >= 15 is 0 Å². The van der Waals surface area contributed by atoms with Crippen molar-refractivity contribution in [2.24, 2.45) is 13.0 Å². The van der Waals surface area contributed by atoms with Crippen LogP contribution >= 0.6 is 27.5 Å². The highest BCUT2D eigenvalue weighted by molar-refractivity contribution is 9.10. The predicted molar refractivity (Wildman–Crippen MR) is 67.4 cm³/mol. The van der Waals surface area contributed by atoms with Crippen LogP contribution in [0.4, 0.5) is 0 Å². The van der Waals surface area contributed by atoms with Crippen LogP contribution in [0.2, 0.25) is 5.15 Å². The molecule has 0 bridgehead atoms. The van der Waals surface area contributed by atoms with E-state index in [4.69, 9.17) is 16.7 Å². The molecule has 6 nitrogen and oxygen atoms in total. The molecule has 0 radical (unpaired) electrons. The van der Waals surface area contributed by atoms with Crippen molar-refractivity contribution >= 4 is 39.4 Å². The van der Waals surface area contributed by atoms with Crippen LogP contribution in [0, 0.1) is 5.92 Å². The molecule has 1 N–H and O–H groups in total. The number of nitrogens with zero attached hydrogens (tertiary/aromatic N) is 3. The lowest BCUT2D eigenvalue weighted by Crippen LogP contribution is -2.28. The van der Waals surface area contributed by atoms with Gasteiger partial charge in [-0.3, -0.25) is 14.3 Å². The van der Waals surface area contributed by atoms with Crippen LogP contribution < -0.4 is 0 Å². The fourth-order valence-electron chi connectivity index (χ4n) is 2.16. The second kappa shape index (κ2) is 4.55. The molecule has 1 fully saturated rings. The number of likely N-dealkylation sites (tertiary alicyclic amines) is 1. The van der Waals surface area contributed by atoms with Crippen LogP contribution in [0.1, 0.15) is 11.6 Å². The Morgan fingerprint density at radius 3 is 2.61 bits per heavy atom. The van der Waals surface area contributed by atoms with Crippen molar-refractivity contribution in [3.8, 4) is 0 Å². The van der Waals surface area contributed by atoms with Gasteiger partial charge in [0.15, 0.2) is 0 Å². The van der Waals surface area contributed by atoms with Crippen LogP contribution in [-0.2, 0) is 16.6 Å². The molecule has 1 aromatic rings. The summed E-state index contributed by atoms with van der Waals surface area (Å²) in [6.45, 7) is 0.321. The van der Waals surface area contributed by atoms with Gasteiger partial charge >= 0.3 is 5.97 Å². The second-order valence-electron chi connectivity index (χ2n) is 4.25. The number of aliphatic carboxylic acids is 1. The van der Waals surface area contributed by atoms with Crippen molar-refractivity contribution in [1.82, 2.24) is 14.7 Å². The van der Waals surface area contributed by atoms with Crippen molar-refractivity contribution in [3.63, 3.8) is 0 Å². The van der Waals surface area contributed by atoms with Crippen molar-refractivity contribution in [2.75, 3.05) is 13.6 Å². The van der Waals surface area contributed by atoms with E-state index in [0.29, 0.717) is 21.9 Å². The van der Waals surface area contributed by atoms with E-state index in [9.17, 15) is 9.59 Å². The Kier molecular flexibility index (Phi) is 3.37. The number of carbonyl (C=O) groups is 2. The molecule has 0 spiro atoms. The lowest BCUT2D eigenvalue weighted by atomic mass is 9.93. The monoisotopic (exact) mass is 335 g/mol. The zero-order chi connectivity index (χ0) is 13.6. The van der Waals surface area contributed by atoms with Crippen LogP contribution in [-0.4, -0.2) is 45.3 Å². The molecular formula is C10H11BrClN3O3. The van der Waals surface area contributed by atoms with Gasteiger partial charge in [-0.2, -0.15) is 5.10 Å². The molecule has 18 heavy (non-hydrogen) atoms. The Balaban J connectivity index is 2.46. The average Bonchev–Trinajstić information content (AvgIpc) is 2.72. The van der Waals surface area contributed by atoms with E-state index in [1.807, 2.05) is 0 Å². The van der Waals surface area contributed by atoms with E-state index in [-0.39, 0.29) is 0 Å². The third-order valence-corrected chi connectivity index (χ3v) is 4.52. The number of carbonyl (C=O) groups excluding carboxylic acids is 1. The molecule has 1 aliphatic heterocycles. The quantitative estimate of drug-likeness (QED) is 0.821. The molecular weight excluding hydrogens is 325 g/mol. The van der Waals surface area contributed by atoms with Crippen molar-refractivity contribution < 1.29 is 14.7 Å². The maximum absolute atomic E-state index is 11.8. The van der Waals surface area contributed by atoms with E-state index in [2.05, 4.69) is 21.0 Å². The molecule has 98 valence electrons. The van der Waals surface area contributed by atoms with Gasteiger partial charge in [0.05, 0.1) is 10.2 Å². The first kappa shape index (κ1) is 13.4. The summed E-state index contributed by atoms with van der Waals surface area (Å²) in [7, 11) is 3.24. The molecule has 2 unspecified atom stereocenters. The summed E-state index contributed by atoms with van der Waals surface area (Å²) in [5.41, 5.74) is 0.507. The molecule has 1 saturated heterocycles. The van der Waals surface area contributed by atoms with Crippen molar-refractivity contribution in [3.05, 3.63) is 15.3 Å². The second-order valence-corrected chi connectivity index (χ2v) is 5.41. The Morgan fingerprint density at radius 1 is 1.56 bits per heavy atom. The zero-order valence-electron chi connectivity index (χ0n) is 9.72. The summed E-state index contributed by atoms with van der Waals surface area (Å²) in [4.78, 5) is 24.4. The number of halogens is 2. The average molecular weight is 337 g/mol. The SMILES string of the molecule is CN1CC(c2nn(C)c(Cl)c2Br)C(C(=O)O)C1=O. The molecule has 0 aromatic carbocycles. The Hall–Kier alpha value is -1.08. The first-order chi connectivity index (χ1) is 8.34. The number of carboxylic acids is 1. The van der Waals surface area contributed by atoms with Crippen molar-refractivity contribution in [2.45, 2.75) is 5.92 Å². The van der Waals surface area contributed by atoms with E-state index in [1.165, 1.54) is 9.58 Å². The fourth-order valence-corrected chi connectivity index (χ4v) is 2.92. The first-order valence-corrected chi connectivity index (χ1v) is 6.37. The largest absolute Gasteiger partial charge is 0.481 e. The normalized spacial score (nSPS) is 23.8. The minimum absolute atomic E-state index is 0.321. The molecule has 2 rings (SSSR count). The number of aromatic nitrogens is 2. The predicted octanol–water partition coefficient (Wildman–Crippen LogP) is 1.09. The van der Waals surface area contributed by atoms with E-state index in [0.717, 1.165) is 0 Å². The topological polar surface area (TPSA) is 75.4 Å². The third kappa shape index (κ3) is 1.91. The summed E-state index contributed by atoms with van der Waals surface area (Å²) >= 11 is 9.27. The minimum atomic E-state index is -1.14. The third-order valence-electron chi connectivity index (χ3n) is 3.08. The van der Waals surface area contributed by atoms with Gasteiger partial charge in [-0.25, -0.2) is 0 Å². The number of amides is 1. The number of hydrogen-bond acceptors (Lipinski definition) is 3. The van der Waals surface area contributed by atoms with Crippen LogP contribution in [0.5, 0.6) is 0 Å². The molecule has 1 aliphatic rings. The summed E-state index contributed by atoms with van der Waals surface area (Å²) < 4.78 is 1.99. The highest BCUT2D eigenvalue weighted by Gasteiger charge is 2.46. The minimum Gasteiger partial charge on any atom is -0.481 e. The molecule has 0 saturated carbocycles. The molecule has 8 heteroatoms. The van der Waals surface area contributed by atoms with Gasteiger partial charge in [0.25, 0.3) is 0 Å². The lowest BCUT2D eigenvalue weighted by molar-refractivity contribution is -0.147. The number of carboxylic acid groups (broad SMARTS) is 1. The fraction of sp³-hybridized carbons (Fsp3) is 0.500. The van der Waals surface area contributed by atoms with E-state index < -0.39 is 23.7 Å². The Labute approximate surface area is 117 Å². The number of rotatable bonds is 2. The molecule has 2 heterocycles. The summed E-state index contributed by atoms with van der Waals surface area (Å²) in [5, 5.41) is 13.7. The zero-order valence-corrected chi connectivity index (χ0v) is 12.1.